The third-order valence-electron chi connectivity index (χ3n) is 4.48. The minimum absolute atomic E-state index is 0.132. The number of hydrogen-bond acceptors (Lipinski definition) is 8. The highest BCUT2D eigenvalue weighted by molar-refractivity contribution is 7.14. The van der Waals surface area contributed by atoms with Gasteiger partial charge in [-0.15, -0.1) is 10.2 Å². The van der Waals surface area contributed by atoms with Crippen LogP contribution in [0.25, 0.3) is 21.5 Å². The molecule has 27 heavy (non-hydrogen) atoms. The minimum atomic E-state index is 0.132. The van der Waals surface area contributed by atoms with E-state index >= 15 is 0 Å². The van der Waals surface area contributed by atoms with Gasteiger partial charge >= 0.3 is 0 Å². The average molecular weight is 383 g/mol. The molecule has 3 aromatic rings. The van der Waals surface area contributed by atoms with Gasteiger partial charge in [0.25, 0.3) is 0 Å². The first-order chi connectivity index (χ1) is 13.2. The summed E-state index contributed by atoms with van der Waals surface area (Å²) in [5.41, 5.74) is 1.80. The predicted molar refractivity (Wildman–Crippen MR) is 104 cm³/mol. The molecular weight excluding hydrogens is 362 g/mol. The number of benzene rings is 1. The van der Waals surface area contributed by atoms with E-state index < -0.39 is 0 Å². The van der Waals surface area contributed by atoms with E-state index in [1.54, 1.807) is 17.5 Å². The largest absolute Gasteiger partial charge is 0.380 e. The van der Waals surface area contributed by atoms with Crippen LogP contribution < -0.4 is 0 Å². The van der Waals surface area contributed by atoms with Gasteiger partial charge in [0.2, 0.25) is 0 Å². The Morgan fingerprint density at radius 2 is 2.19 bits per heavy atom. The van der Waals surface area contributed by atoms with Gasteiger partial charge in [0.1, 0.15) is 15.8 Å². The van der Waals surface area contributed by atoms with E-state index in [9.17, 15) is 4.79 Å². The molecular formula is C19H21N5O2S. The number of Topliss-reactive ketones (excluding diaryl/α,β-unsaturated/α-hetero) is 1. The van der Waals surface area contributed by atoms with Crippen molar-refractivity contribution in [3.05, 3.63) is 35.2 Å². The van der Waals surface area contributed by atoms with E-state index in [0.717, 1.165) is 52.6 Å². The number of rotatable bonds is 5. The van der Waals surface area contributed by atoms with Crippen LogP contribution in [-0.2, 0) is 16.0 Å². The van der Waals surface area contributed by atoms with E-state index in [2.05, 4.69) is 25.1 Å². The van der Waals surface area contributed by atoms with Gasteiger partial charge in [-0.05, 0) is 19.4 Å². The molecule has 8 heteroatoms. The SMILES string of the molecule is Cc1nnc(-c2ccc3cnc(CC(=O)CN4CCCOCC4)nc3c2)s1. The molecule has 1 saturated heterocycles. The van der Waals surface area contributed by atoms with Crippen molar-refractivity contribution in [3.63, 3.8) is 0 Å². The van der Waals surface area contributed by atoms with Crippen LogP contribution in [0.2, 0.25) is 0 Å². The Kier molecular flexibility index (Phi) is 5.47. The summed E-state index contributed by atoms with van der Waals surface area (Å²) >= 11 is 1.55. The molecule has 0 radical (unpaired) electrons. The highest BCUT2D eigenvalue weighted by Crippen LogP contribution is 2.25. The van der Waals surface area contributed by atoms with Crippen molar-refractivity contribution in [1.29, 1.82) is 0 Å². The molecule has 1 aliphatic heterocycles. The van der Waals surface area contributed by atoms with Gasteiger partial charge in [-0.25, -0.2) is 9.97 Å². The number of carbonyl (C=O) groups excluding carboxylic acids is 1. The van der Waals surface area contributed by atoms with E-state index in [4.69, 9.17) is 4.74 Å². The summed E-state index contributed by atoms with van der Waals surface area (Å²) in [5.74, 6) is 0.691. The summed E-state index contributed by atoms with van der Waals surface area (Å²) in [6.45, 7) is 5.52. The number of aromatic nitrogens is 4. The molecule has 3 heterocycles. The van der Waals surface area contributed by atoms with Gasteiger partial charge in [-0.1, -0.05) is 23.5 Å². The molecule has 1 aromatic carbocycles. The fraction of sp³-hybridized carbons (Fsp3) is 0.421. The second-order valence-electron chi connectivity index (χ2n) is 6.64. The molecule has 0 saturated carbocycles. The van der Waals surface area contributed by atoms with Crippen molar-refractivity contribution in [2.75, 3.05) is 32.8 Å². The number of aryl methyl sites for hydroxylation is 1. The molecule has 4 rings (SSSR count). The van der Waals surface area contributed by atoms with Gasteiger partial charge in [0.05, 0.1) is 25.1 Å². The lowest BCUT2D eigenvalue weighted by atomic mass is 10.1. The minimum Gasteiger partial charge on any atom is -0.380 e. The zero-order valence-electron chi connectivity index (χ0n) is 15.2. The zero-order valence-corrected chi connectivity index (χ0v) is 16.0. The first-order valence-electron chi connectivity index (χ1n) is 9.05. The lowest BCUT2D eigenvalue weighted by molar-refractivity contribution is -0.119. The Balaban J connectivity index is 1.49. The summed E-state index contributed by atoms with van der Waals surface area (Å²) < 4.78 is 5.44. The highest BCUT2D eigenvalue weighted by Gasteiger charge is 2.15. The van der Waals surface area contributed by atoms with Crippen molar-refractivity contribution < 1.29 is 9.53 Å². The zero-order chi connectivity index (χ0) is 18.6. The predicted octanol–water partition coefficient (Wildman–Crippen LogP) is 2.29. The molecule has 7 nitrogen and oxygen atoms in total. The van der Waals surface area contributed by atoms with Crippen LogP contribution in [0.15, 0.2) is 24.4 Å². The molecule has 0 bridgehead atoms. The van der Waals surface area contributed by atoms with Crippen molar-refractivity contribution in [1.82, 2.24) is 25.1 Å². The quantitative estimate of drug-likeness (QED) is 0.668. The molecule has 140 valence electrons. The maximum absolute atomic E-state index is 12.4. The summed E-state index contributed by atoms with van der Waals surface area (Å²) in [6.07, 6.45) is 2.99. The Labute approximate surface area is 161 Å². The number of hydrogen-bond donors (Lipinski definition) is 0. The molecule has 1 fully saturated rings. The summed E-state index contributed by atoms with van der Waals surface area (Å²) in [5, 5.41) is 11.0. The van der Waals surface area contributed by atoms with Crippen molar-refractivity contribution in [2.24, 2.45) is 0 Å². The Hall–Kier alpha value is -2.29. The molecule has 0 N–H and O–H groups in total. The van der Waals surface area contributed by atoms with Crippen molar-refractivity contribution in [3.8, 4) is 10.6 Å². The number of ether oxygens (including phenoxy) is 1. The van der Waals surface area contributed by atoms with E-state index in [1.165, 1.54) is 0 Å². The lowest BCUT2D eigenvalue weighted by Gasteiger charge is -2.17. The number of nitrogens with zero attached hydrogens (tertiary/aromatic N) is 5. The summed E-state index contributed by atoms with van der Waals surface area (Å²) in [4.78, 5) is 23.6. The summed E-state index contributed by atoms with van der Waals surface area (Å²) in [7, 11) is 0. The normalized spacial score (nSPS) is 15.7. The van der Waals surface area contributed by atoms with Crippen molar-refractivity contribution >= 4 is 28.0 Å². The average Bonchev–Trinajstić information content (AvgIpc) is 2.93. The molecule has 2 aromatic heterocycles. The molecule has 0 atom stereocenters. The van der Waals surface area contributed by atoms with E-state index in [-0.39, 0.29) is 12.2 Å². The third-order valence-corrected chi connectivity index (χ3v) is 5.36. The second-order valence-corrected chi connectivity index (χ2v) is 7.83. The second kappa shape index (κ2) is 8.16. The molecule has 0 unspecified atom stereocenters. The van der Waals surface area contributed by atoms with E-state index in [1.807, 2.05) is 25.1 Å². The molecule has 0 amide bonds. The van der Waals surface area contributed by atoms with Gasteiger partial charge in [0.15, 0.2) is 5.78 Å². The van der Waals surface area contributed by atoms with Gasteiger partial charge < -0.3 is 4.74 Å². The smallest absolute Gasteiger partial charge is 0.154 e. The fourth-order valence-corrected chi connectivity index (χ4v) is 3.82. The lowest BCUT2D eigenvalue weighted by Crippen LogP contribution is -2.33. The fourth-order valence-electron chi connectivity index (χ4n) is 3.13. The number of carbonyl (C=O) groups is 1. The maximum Gasteiger partial charge on any atom is 0.154 e. The topological polar surface area (TPSA) is 81.1 Å². The Bertz CT molecular complexity index is 950. The highest BCUT2D eigenvalue weighted by atomic mass is 32.1. The third kappa shape index (κ3) is 4.52. The van der Waals surface area contributed by atoms with Crippen LogP contribution in [0.3, 0.4) is 0 Å². The van der Waals surface area contributed by atoms with Crippen LogP contribution in [0.4, 0.5) is 0 Å². The Morgan fingerprint density at radius 1 is 1.26 bits per heavy atom. The monoisotopic (exact) mass is 383 g/mol. The summed E-state index contributed by atoms with van der Waals surface area (Å²) in [6, 6.07) is 5.96. The Morgan fingerprint density at radius 3 is 3.04 bits per heavy atom. The van der Waals surface area contributed by atoms with Gasteiger partial charge in [0, 0.05) is 36.8 Å². The maximum atomic E-state index is 12.4. The molecule has 0 aliphatic carbocycles. The van der Waals surface area contributed by atoms with Crippen LogP contribution in [0.5, 0.6) is 0 Å². The number of ketones is 1. The van der Waals surface area contributed by atoms with Crippen LogP contribution >= 0.6 is 11.3 Å². The standard InChI is InChI=1S/C19H21N5O2S/c1-13-22-23-19(27-13)14-3-4-15-11-20-18(21-17(15)9-14)10-16(25)12-24-5-2-7-26-8-6-24/h3-4,9,11H,2,5-8,10,12H2,1H3. The van der Waals surface area contributed by atoms with Crippen LogP contribution in [0, 0.1) is 6.92 Å². The van der Waals surface area contributed by atoms with Crippen LogP contribution in [0.1, 0.15) is 17.3 Å². The van der Waals surface area contributed by atoms with E-state index in [0.29, 0.717) is 19.0 Å². The molecule has 1 aliphatic rings. The van der Waals surface area contributed by atoms with Crippen LogP contribution in [-0.4, -0.2) is 63.7 Å². The van der Waals surface area contributed by atoms with Crippen molar-refractivity contribution in [2.45, 2.75) is 19.8 Å². The molecule has 0 spiro atoms. The van der Waals surface area contributed by atoms with Gasteiger partial charge in [-0.2, -0.15) is 0 Å². The first kappa shape index (κ1) is 18.1. The number of fused-ring (bicyclic) bond motifs is 1. The first-order valence-corrected chi connectivity index (χ1v) is 9.87. The van der Waals surface area contributed by atoms with Gasteiger partial charge in [-0.3, -0.25) is 9.69 Å².